The standard InChI is InChI=1S/C16H26N2O/c1-13(15-6-4-5-7-16(15)19-3)17-12-14-8-10-18(2)11-9-14/h4-7,13-14,17H,8-12H2,1-3H3. The number of benzene rings is 1. The Kier molecular flexibility index (Phi) is 5.23. The van der Waals surface area contributed by atoms with Crippen molar-refractivity contribution in [3.63, 3.8) is 0 Å². The van der Waals surface area contributed by atoms with Gasteiger partial charge in [0, 0.05) is 11.6 Å². The number of nitrogens with zero attached hydrogens (tertiary/aromatic N) is 1. The highest BCUT2D eigenvalue weighted by Crippen LogP contribution is 2.25. The van der Waals surface area contributed by atoms with Crippen LogP contribution in [0, 0.1) is 5.92 Å². The van der Waals surface area contributed by atoms with Crippen LogP contribution in [0.2, 0.25) is 0 Å². The van der Waals surface area contributed by atoms with Gasteiger partial charge in [0.05, 0.1) is 7.11 Å². The molecule has 0 radical (unpaired) electrons. The van der Waals surface area contributed by atoms with Crippen LogP contribution in [0.5, 0.6) is 5.75 Å². The summed E-state index contributed by atoms with van der Waals surface area (Å²) in [6.07, 6.45) is 2.62. The summed E-state index contributed by atoms with van der Waals surface area (Å²) in [5.74, 6) is 1.79. The van der Waals surface area contributed by atoms with Gasteiger partial charge in [0.2, 0.25) is 0 Å². The SMILES string of the molecule is COc1ccccc1C(C)NCC1CCN(C)CC1. The van der Waals surface area contributed by atoms with Gasteiger partial charge in [0.25, 0.3) is 0 Å². The monoisotopic (exact) mass is 262 g/mol. The van der Waals surface area contributed by atoms with Gasteiger partial charge >= 0.3 is 0 Å². The maximum Gasteiger partial charge on any atom is 0.123 e. The second kappa shape index (κ2) is 6.92. The largest absolute Gasteiger partial charge is 0.496 e. The number of hydrogen-bond acceptors (Lipinski definition) is 3. The Hall–Kier alpha value is -1.06. The lowest BCUT2D eigenvalue weighted by Crippen LogP contribution is -2.35. The van der Waals surface area contributed by atoms with E-state index in [2.05, 4.69) is 36.3 Å². The lowest BCUT2D eigenvalue weighted by molar-refractivity contribution is 0.213. The van der Waals surface area contributed by atoms with Gasteiger partial charge in [-0.25, -0.2) is 0 Å². The molecule has 1 heterocycles. The number of rotatable bonds is 5. The number of methoxy groups -OCH3 is 1. The molecule has 2 rings (SSSR count). The first-order chi connectivity index (χ1) is 9.20. The number of ether oxygens (including phenoxy) is 1. The van der Waals surface area contributed by atoms with Crippen LogP contribution in [0.1, 0.15) is 31.4 Å². The molecular weight excluding hydrogens is 236 g/mol. The van der Waals surface area contributed by atoms with Gasteiger partial charge in [-0.05, 0) is 58.4 Å². The van der Waals surface area contributed by atoms with Crippen molar-refractivity contribution >= 4 is 0 Å². The van der Waals surface area contributed by atoms with Gasteiger partial charge in [-0.15, -0.1) is 0 Å². The molecule has 1 aliphatic rings. The first-order valence-electron chi connectivity index (χ1n) is 7.25. The van der Waals surface area contributed by atoms with Crippen molar-refractivity contribution in [1.29, 1.82) is 0 Å². The molecule has 1 aromatic carbocycles. The van der Waals surface area contributed by atoms with E-state index in [1.54, 1.807) is 7.11 Å². The summed E-state index contributed by atoms with van der Waals surface area (Å²) in [4.78, 5) is 2.42. The summed E-state index contributed by atoms with van der Waals surface area (Å²) >= 11 is 0. The summed E-state index contributed by atoms with van der Waals surface area (Å²) in [5.41, 5.74) is 1.25. The zero-order valence-electron chi connectivity index (χ0n) is 12.4. The minimum Gasteiger partial charge on any atom is -0.496 e. The fourth-order valence-electron chi connectivity index (χ4n) is 2.74. The third-order valence-electron chi connectivity index (χ3n) is 4.16. The van der Waals surface area contributed by atoms with Crippen LogP contribution in [0.3, 0.4) is 0 Å². The van der Waals surface area contributed by atoms with Gasteiger partial charge < -0.3 is 15.0 Å². The summed E-state index contributed by atoms with van der Waals surface area (Å²) in [6, 6.07) is 8.61. The van der Waals surface area contributed by atoms with Crippen LogP contribution in [0.15, 0.2) is 24.3 Å². The predicted molar refractivity (Wildman–Crippen MR) is 79.6 cm³/mol. The fraction of sp³-hybridized carbons (Fsp3) is 0.625. The Bertz CT molecular complexity index is 386. The van der Waals surface area contributed by atoms with Gasteiger partial charge in [0.1, 0.15) is 5.75 Å². The van der Waals surface area contributed by atoms with Crippen LogP contribution >= 0.6 is 0 Å². The zero-order valence-corrected chi connectivity index (χ0v) is 12.4. The van der Waals surface area contributed by atoms with Crippen molar-refractivity contribution in [2.75, 3.05) is 33.8 Å². The van der Waals surface area contributed by atoms with E-state index in [4.69, 9.17) is 4.74 Å². The van der Waals surface area contributed by atoms with Crippen LogP contribution in [0.25, 0.3) is 0 Å². The van der Waals surface area contributed by atoms with Crippen molar-refractivity contribution in [1.82, 2.24) is 10.2 Å². The second-order valence-electron chi connectivity index (χ2n) is 5.62. The van der Waals surface area contributed by atoms with Crippen LogP contribution in [-0.2, 0) is 0 Å². The van der Waals surface area contributed by atoms with E-state index >= 15 is 0 Å². The Labute approximate surface area is 116 Å². The number of hydrogen-bond donors (Lipinski definition) is 1. The Morgan fingerprint density at radius 3 is 2.68 bits per heavy atom. The lowest BCUT2D eigenvalue weighted by Gasteiger charge is -2.30. The number of para-hydroxylation sites is 1. The first-order valence-corrected chi connectivity index (χ1v) is 7.25. The van der Waals surface area contributed by atoms with Gasteiger partial charge in [-0.2, -0.15) is 0 Å². The second-order valence-corrected chi connectivity index (χ2v) is 5.62. The number of piperidine rings is 1. The van der Waals surface area contributed by atoms with Crippen molar-refractivity contribution < 1.29 is 4.74 Å². The summed E-state index contributed by atoms with van der Waals surface area (Å²) < 4.78 is 5.43. The molecule has 0 amide bonds. The molecule has 19 heavy (non-hydrogen) atoms. The van der Waals surface area contributed by atoms with Gasteiger partial charge in [-0.3, -0.25) is 0 Å². The Morgan fingerprint density at radius 1 is 1.32 bits per heavy atom. The molecule has 1 atom stereocenters. The van der Waals surface area contributed by atoms with Crippen molar-refractivity contribution in [2.45, 2.75) is 25.8 Å². The zero-order chi connectivity index (χ0) is 13.7. The molecular formula is C16H26N2O. The summed E-state index contributed by atoms with van der Waals surface area (Å²) in [6.45, 7) is 5.78. The van der Waals surface area contributed by atoms with E-state index in [0.717, 1.165) is 18.2 Å². The minimum atomic E-state index is 0.343. The van der Waals surface area contributed by atoms with Gasteiger partial charge in [0.15, 0.2) is 0 Å². The average molecular weight is 262 g/mol. The van der Waals surface area contributed by atoms with Crippen molar-refractivity contribution in [3.8, 4) is 5.75 Å². The molecule has 0 saturated carbocycles. The summed E-state index contributed by atoms with van der Waals surface area (Å²) in [7, 11) is 3.95. The van der Waals surface area contributed by atoms with Gasteiger partial charge in [-0.1, -0.05) is 18.2 Å². The van der Waals surface area contributed by atoms with Crippen LogP contribution < -0.4 is 10.1 Å². The van der Waals surface area contributed by atoms with E-state index in [-0.39, 0.29) is 0 Å². The molecule has 3 heteroatoms. The molecule has 1 saturated heterocycles. The molecule has 1 aliphatic heterocycles. The van der Waals surface area contributed by atoms with Crippen LogP contribution in [0.4, 0.5) is 0 Å². The smallest absolute Gasteiger partial charge is 0.123 e. The highest BCUT2D eigenvalue weighted by atomic mass is 16.5. The normalized spacial score (nSPS) is 19.3. The molecule has 0 spiro atoms. The minimum absolute atomic E-state index is 0.343. The lowest BCUT2D eigenvalue weighted by atomic mass is 9.96. The highest BCUT2D eigenvalue weighted by molar-refractivity contribution is 5.35. The maximum absolute atomic E-state index is 5.43. The van der Waals surface area contributed by atoms with E-state index in [1.807, 2.05) is 12.1 Å². The first kappa shape index (κ1) is 14.4. The topological polar surface area (TPSA) is 24.5 Å². The molecule has 106 valence electrons. The van der Waals surface area contributed by atoms with Crippen LogP contribution in [-0.4, -0.2) is 38.7 Å². The number of likely N-dealkylation sites (tertiary alicyclic amines) is 1. The molecule has 1 N–H and O–H groups in total. The van der Waals surface area contributed by atoms with Crippen molar-refractivity contribution in [3.05, 3.63) is 29.8 Å². The quantitative estimate of drug-likeness (QED) is 0.883. The van der Waals surface area contributed by atoms with Crippen molar-refractivity contribution in [2.24, 2.45) is 5.92 Å². The van der Waals surface area contributed by atoms with E-state index in [9.17, 15) is 0 Å². The van der Waals surface area contributed by atoms with E-state index in [0.29, 0.717) is 6.04 Å². The Morgan fingerprint density at radius 2 is 2.00 bits per heavy atom. The predicted octanol–water partition coefficient (Wildman–Crippen LogP) is 2.69. The molecule has 1 fully saturated rings. The molecule has 3 nitrogen and oxygen atoms in total. The molecule has 0 aliphatic carbocycles. The molecule has 0 aromatic heterocycles. The molecule has 0 bridgehead atoms. The van der Waals surface area contributed by atoms with E-state index in [1.165, 1.54) is 31.5 Å². The number of nitrogens with one attached hydrogen (secondary N) is 1. The fourth-order valence-corrected chi connectivity index (χ4v) is 2.74. The third kappa shape index (κ3) is 3.95. The highest BCUT2D eigenvalue weighted by Gasteiger charge is 2.18. The average Bonchev–Trinajstić information content (AvgIpc) is 2.46. The summed E-state index contributed by atoms with van der Waals surface area (Å²) in [5, 5.41) is 3.66. The maximum atomic E-state index is 5.43. The Balaban J connectivity index is 1.85. The molecule has 1 unspecified atom stereocenters. The molecule has 1 aromatic rings. The van der Waals surface area contributed by atoms with E-state index < -0.39 is 0 Å². The third-order valence-corrected chi connectivity index (χ3v) is 4.16.